The Kier molecular flexibility index (Phi) is 18.5. The Bertz CT molecular complexity index is 4460. The fourth-order valence-electron chi connectivity index (χ4n) is 15.7. The maximum Gasteiger partial charge on any atom is 0.303 e. The molecular formula is C81H88N8O7. The molecule has 494 valence electrons. The number of amides is 4. The van der Waals surface area contributed by atoms with Gasteiger partial charge in [-0.25, -0.2) is 9.97 Å². The number of carbonyl (C=O) groups is 6. The Morgan fingerprint density at radius 2 is 0.688 bits per heavy atom. The highest BCUT2D eigenvalue weighted by Crippen LogP contribution is 2.48. The van der Waals surface area contributed by atoms with Crippen molar-refractivity contribution < 1.29 is 33.9 Å². The number of anilines is 4. The molecule has 15 nitrogen and oxygen atoms in total. The summed E-state index contributed by atoms with van der Waals surface area (Å²) in [5.41, 5.74) is 9.29. The summed E-state index contributed by atoms with van der Waals surface area (Å²) in [5, 5.41) is 23.6. The molecule has 6 aliphatic rings. The number of para-hydroxylation sites is 4. The van der Waals surface area contributed by atoms with E-state index in [0.29, 0.717) is 112 Å². The van der Waals surface area contributed by atoms with Gasteiger partial charge in [0, 0.05) is 124 Å². The number of H-pyrrole nitrogens is 2. The summed E-state index contributed by atoms with van der Waals surface area (Å²) in [6.07, 6.45) is 25.5. The van der Waals surface area contributed by atoms with Crippen LogP contribution in [-0.2, 0) is 24.0 Å². The number of rotatable bonds is 17. The maximum absolute atomic E-state index is 15.5. The van der Waals surface area contributed by atoms with Crippen molar-refractivity contribution in [3.63, 3.8) is 0 Å². The average Bonchev–Trinajstić information content (AvgIpc) is 1.58. The van der Waals surface area contributed by atoms with E-state index in [2.05, 4.69) is 45.1 Å². The van der Waals surface area contributed by atoms with E-state index in [1.807, 2.05) is 153 Å². The average molecular weight is 1290 g/mol. The standard InChI is InChI=1S/C81H88N8O7/c1-78(42-17-5-18-43-78)74(93)86-56-30-13-9-26-51(56)69-60-36-37-61(82-60)70(52-27-10-14-31-57(52)87-75(94)79(2)44-19-6-20-45-79)63-40-41-65(84-63)72(54-29-12-16-33-59(54)89-77(96)81(4)48-23-8-24-49-81)73-55(67(90)34-25-35-68(91)92)50-66(85-73)71(64-39-38-62(69)83-64)53-28-11-15-32-58(53)88-76(95)80(3)46-21-7-22-47-80/h9-16,26-33,36-41,50,82,85H,5-8,17-25,34-35,42-49H2,1-4H3,(H,86,93)(H,87,94)(H,88,95)(H,89,96)(H,91,92). The number of hydrogen-bond acceptors (Lipinski definition) is 8. The monoisotopic (exact) mass is 1280 g/mol. The number of nitrogens with one attached hydrogen (secondary N) is 6. The van der Waals surface area contributed by atoms with Crippen LogP contribution in [0.1, 0.15) is 209 Å². The van der Waals surface area contributed by atoms with E-state index in [1.54, 1.807) is 0 Å². The molecule has 4 aliphatic carbocycles. The van der Waals surface area contributed by atoms with E-state index in [4.69, 9.17) is 9.97 Å². The highest BCUT2D eigenvalue weighted by Gasteiger charge is 2.39. The van der Waals surface area contributed by atoms with Crippen LogP contribution in [0.5, 0.6) is 0 Å². The summed E-state index contributed by atoms with van der Waals surface area (Å²) < 4.78 is 0. The van der Waals surface area contributed by atoms with Crippen molar-refractivity contribution in [3.8, 4) is 44.5 Å². The van der Waals surface area contributed by atoms with Gasteiger partial charge in [-0.05, 0) is 125 Å². The zero-order chi connectivity index (χ0) is 66.8. The van der Waals surface area contributed by atoms with Gasteiger partial charge >= 0.3 is 5.97 Å². The number of ketones is 1. The topological polar surface area (TPSA) is 228 Å². The van der Waals surface area contributed by atoms with Crippen molar-refractivity contribution in [1.29, 1.82) is 0 Å². The van der Waals surface area contributed by atoms with E-state index in [0.717, 1.165) is 128 Å². The van der Waals surface area contributed by atoms with Crippen LogP contribution in [0.3, 0.4) is 0 Å². The molecule has 7 N–H and O–H groups in total. The Morgan fingerprint density at radius 3 is 1.02 bits per heavy atom. The third-order valence-corrected chi connectivity index (χ3v) is 21.8. The summed E-state index contributed by atoms with van der Waals surface area (Å²) in [5.74, 6) is -1.65. The van der Waals surface area contributed by atoms with Crippen LogP contribution in [0.15, 0.2) is 115 Å². The third-order valence-electron chi connectivity index (χ3n) is 21.8. The summed E-state index contributed by atoms with van der Waals surface area (Å²) in [7, 11) is 0. The minimum absolute atomic E-state index is 0.0480. The molecule has 0 saturated heterocycles. The van der Waals surface area contributed by atoms with Crippen LogP contribution in [0.25, 0.3) is 90.9 Å². The van der Waals surface area contributed by atoms with Crippen molar-refractivity contribution in [2.75, 3.05) is 21.3 Å². The van der Waals surface area contributed by atoms with Crippen LogP contribution < -0.4 is 21.3 Å². The van der Waals surface area contributed by atoms with E-state index in [-0.39, 0.29) is 54.2 Å². The lowest BCUT2D eigenvalue weighted by molar-refractivity contribution is -0.137. The van der Waals surface area contributed by atoms with Gasteiger partial charge < -0.3 is 36.3 Å². The number of aliphatic carboxylic acids is 1. The fraction of sp³-hybridized carbons (Fsp3) is 0.383. The van der Waals surface area contributed by atoms with Crippen molar-refractivity contribution in [1.82, 2.24) is 19.9 Å². The number of benzene rings is 4. The predicted molar refractivity (Wildman–Crippen MR) is 386 cm³/mol. The lowest BCUT2D eigenvalue weighted by atomic mass is 9.75. The van der Waals surface area contributed by atoms with Crippen molar-refractivity contribution in [2.24, 2.45) is 21.7 Å². The Hall–Kier alpha value is -9.50. The number of carbonyl (C=O) groups excluding carboxylic acids is 5. The predicted octanol–water partition coefficient (Wildman–Crippen LogP) is 19.4. The first-order valence-electron chi connectivity index (χ1n) is 35.0. The van der Waals surface area contributed by atoms with Gasteiger partial charge in [0.25, 0.3) is 0 Å². The van der Waals surface area contributed by atoms with Crippen molar-refractivity contribution in [3.05, 3.63) is 144 Å². The van der Waals surface area contributed by atoms with Crippen LogP contribution in [0, 0.1) is 21.7 Å². The summed E-state index contributed by atoms with van der Waals surface area (Å²) in [6.45, 7) is 8.19. The maximum atomic E-state index is 15.5. The van der Waals surface area contributed by atoms with Gasteiger partial charge in [-0.15, -0.1) is 0 Å². The molecule has 2 aliphatic heterocycles. The number of nitrogens with zero attached hydrogens (tertiary/aromatic N) is 2. The molecular weight excluding hydrogens is 1200 g/mol. The number of fused-ring (bicyclic) bond motifs is 8. The number of aromatic amines is 2. The van der Waals surface area contributed by atoms with E-state index in [1.165, 1.54) is 0 Å². The van der Waals surface area contributed by atoms with E-state index in [9.17, 15) is 29.1 Å². The van der Waals surface area contributed by atoms with Gasteiger partial charge in [0.1, 0.15) is 0 Å². The molecule has 8 bridgehead atoms. The number of carboxylic acid groups (broad SMARTS) is 1. The normalized spacial score (nSPS) is 17.6. The number of Topliss-reactive ketones (excluding diaryl/α,β-unsaturated/α-hetero) is 1. The minimum Gasteiger partial charge on any atom is -0.481 e. The Morgan fingerprint density at radius 1 is 0.385 bits per heavy atom. The largest absolute Gasteiger partial charge is 0.481 e. The van der Waals surface area contributed by atoms with Gasteiger partial charge in [0.05, 0.1) is 28.3 Å². The van der Waals surface area contributed by atoms with E-state index >= 15 is 4.79 Å². The summed E-state index contributed by atoms with van der Waals surface area (Å²) in [4.78, 5) is 106. The van der Waals surface area contributed by atoms with Gasteiger partial charge in [0.15, 0.2) is 5.78 Å². The molecule has 4 aromatic carbocycles. The molecule has 4 amide bonds. The molecule has 3 aromatic heterocycles. The molecule has 0 radical (unpaired) electrons. The van der Waals surface area contributed by atoms with Crippen molar-refractivity contribution in [2.45, 2.75) is 175 Å². The molecule has 96 heavy (non-hydrogen) atoms. The number of hydrogen-bond donors (Lipinski definition) is 7. The molecule has 0 unspecified atom stereocenters. The molecule has 0 atom stereocenters. The lowest BCUT2D eigenvalue weighted by Gasteiger charge is -2.32. The van der Waals surface area contributed by atoms with Gasteiger partial charge in [-0.1, -0.05) is 178 Å². The zero-order valence-electron chi connectivity index (χ0n) is 55.8. The third kappa shape index (κ3) is 13.2. The molecule has 13 rings (SSSR count). The first-order chi connectivity index (χ1) is 46.4. The first kappa shape index (κ1) is 65.2. The lowest BCUT2D eigenvalue weighted by Crippen LogP contribution is -2.35. The number of carboxylic acids is 1. The van der Waals surface area contributed by atoms with E-state index < -0.39 is 27.6 Å². The highest BCUT2D eigenvalue weighted by atomic mass is 16.4. The molecule has 7 aromatic rings. The van der Waals surface area contributed by atoms with Gasteiger partial charge in [0.2, 0.25) is 23.6 Å². The SMILES string of the molecule is CC1(C(=O)Nc2ccccc2-c2c3nc(c(-c4ccccc4NC(=O)C4(C)CCCCC4)c4cc(C(=O)CCCC(=O)O)c([nH]4)c(-c4ccccc4NC(=O)C4(C)CCCCC4)c4nc(c(-c5ccccc5NC(=O)C5(C)CCCCC5)c5ccc2[nH]5)C=C4)C=C3)CCCCC1. The quantitative estimate of drug-likeness (QED) is 0.0430. The van der Waals surface area contributed by atoms with Gasteiger partial charge in [-0.3, -0.25) is 28.8 Å². The highest BCUT2D eigenvalue weighted by molar-refractivity contribution is 6.14. The summed E-state index contributed by atoms with van der Waals surface area (Å²) in [6, 6.07) is 36.7. The molecule has 15 heteroatoms. The van der Waals surface area contributed by atoms with Crippen molar-refractivity contribution >= 4 is 105 Å². The number of aromatic nitrogens is 4. The molecule has 4 saturated carbocycles. The van der Waals surface area contributed by atoms with Gasteiger partial charge in [-0.2, -0.15) is 0 Å². The molecule has 4 fully saturated rings. The van der Waals surface area contributed by atoms with Crippen LogP contribution >= 0.6 is 0 Å². The second-order valence-electron chi connectivity index (χ2n) is 28.8. The molecule has 5 heterocycles. The smallest absolute Gasteiger partial charge is 0.303 e. The van der Waals surface area contributed by atoms with Crippen LogP contribution in [-0.4, -0.2) is 60.4 Å². The minimum atomic E-state index is -1.02. The van der Waals surface area contributed by atoms with Crippen LogP contribution in [0.2, 0.25) is 0 Å². The first-order valence-corrected chi connectivity index (χ1v) is 35.0. The summed E-state index contributed by atoms with van der Waals surface area (Å²) >= 11 is 0. The second-order valence-corrected chi connectivity index (χ2v) is 28.8. The zero-order valence-corrected chi connectivity index (χ0v) is 55.8. The second kappa shape index (κ2) is 27.3. The fourth-order valence-corrected chi connectivity index (χ4v) is 15.7. The van der Waals surface area contributed by atoms with Crippen LogP contribution in [0.4, 0.5) is 22.7 Å². The molecule has 0 spiro atoms. The Labute approximate surface area is 561 Å². The Balaban J connectivity index is 1.15.